The van der Waals surface area contributed by atoms with E-state index in [0.717, 1.165) is 0 Å². The highest BCUT2D eigenvalue weighted by atomic mass is 16.5. The maximum Gasteiger partial charge on any atom is 0.339 e. The average molecular weight is 428 g/mol. The van der Waals surface area contributed by atoms with E-state index < -0.39 is 29.2 Å². The predicted octanol–water partition coefficient (Wildman–Crippen LogP) is 2.07. The number of carbonyl (C=O) groups is 2. The Bertz CT molecular complexity index is 1120. The van der Waals surface area contributed by atoms with Crippen LogP contribution in [0.3, 0.4) is 0 Å². The van der Waals surface area contributed by atoms with Crippen LogP contribution in [-0.4, -0.2) is 28.0 Å². The van der Waals surface area contributed by atoms with Crippen molar-refractivity contribution in [3.05, 3.63) is 56.2 Å². The third kappa shape index (κ3) is 4.55. The Balaban J connectivity index is 2.00. The van der Waals surface area contributed by atoms with E-state index in [1.165, 1.54) is 9.47 Å². The van der Waals surface area contributed by atoms with Crippen molar-refractivity contribution in [1.82, 2.24) is 9.55 Å². The van der Waals surface area contributed by atoms with E-state index in [4.69, 9.17) is 10.5 Å². The molecule has 166 valence electrons. The Labute approximate surface area is 179 Å². The number of cyclic esters (lactones) is 1. The summed E-state index contributed by atoms with van der Waals surface area (Å²) in [7, 11) is 0. The van der Waals surface area contributed by atoms with E-state index in [2.05, 4.69) is 4.98 Å². The van der Waals surface area contributed by atoms with Crippen LogP contribution in [0.1, 0.15) is 56.1 Å². The summed E-state index contributed by atoms with van der Waals surface area (Å²) in [4.78, 5) is 54.0. The Morgan fingerprint density at radius 1 is 1.16 bits per heavy atom. The Morgan fingerprint density at radius 2 is 1.84 bits per heavy atom. The molecule has 9 nitrogen and oxygen atoms in total. The largest absolute Gasteiger partial charge is 0.453 e. The molecular formula is C22H28N4O5. The summed E-state index contributed by atoms with van der Waals surface area (Å²) in [6.07, 6.45) is -0.884. The van der Waals surface area contributed by atoms with E-state index in [-0.39, 0.29) is 36.3 Å². The van der Waals surface area contributed by atoms with Crippen LogP contribution in [0.15, 0.2) is 33.9 Å². The maximum atomic E-state index is 13.3. The number of H-pyrrole nitrogens is 1. The minimum atomic E-state index is -0.743. The van der Waals surface area contributed by atoms with Gasteiger partial charge in [-0.15, -0.1) is 0 Å². The normalized spacial score (nSPS) is 15.3. The lowest BCUT2D eigenvalue weighted by Crippen LogP contribution is -2.43. The molecule has 1 aromatic heterocycles. The number of rotatable bonds is 7. The van der Waals surface area contributed by atoms with Crippen LogP contribution in [0.4, 0.5) is 11.5 Å². The lowest BCUT2D eigenvalue weighted by Gasteiger charge is -2.27. The number of benzene rings is 1. The van der Waals surface area contributed by atoms with Gasteiger partial charge in [-0.2, -0.15) is 0 Å². The van der Waals surface area contributed by atoms with Gasteiger partial charge in [0, 0.05) is 18.7 Å². The summed E-state index contributed by atoms with van der Waals surface area (Å²) < 4.78 is 6.66. The fourth-order valence-electron chi connectivity index (χ4n) is 3.71. The minimum Gasteiger partial charge on any atom is -0.453 e. The number of esters is 1. The summed E-state index contributed by atoms with van der Waals surface area (Å²) in [5.41, 5.74) is 5.89. The fraction of sp³-hybridized carbons (Fsp3) is 0.455. The molecule has 1 aliphatic rings. The van der Waals surface area contributed by atoms with Gasteiger partial charge in [-0.1, -0.05) is 45.9 Å². The van der Waals surface area contributed by atoms with Crippen molar-refractivity contribution in [3.63, 3.8) is 0 Å². The second kappa shape index (κ2) is 8.79. The van der Waals surface area contributed by atoms with Gasteiger partial charge in [-0.25, -0.2) is 9.59 Å². The quantitative estimate of drug-likeness (QED) is 0.650. The molecule has 0 saturated carbocycles. The number of hydrogen-bond acceptors (Lipinski definition) is 6. The molecule has 2 heterocycles. The van der Waals surface area contributed by atoms with Gasteiger partial charge in [0.1, 0.15) is 11.9 Å². The SMILES string of the molecule is CC(C)CN(C(=O)C[C@H]1OC(=O)c2ccccc21)c1c(N)n(CC(C)C)c(=O)[nH]c1=O. The molecule has 3 N–H and O–H groups in total. The predicted molar refractivity (Wildman–Crippen MR) is 117 cm³/mol. The van der Waals surface area contributed by atoms with Gasteiger partial charge in [0.15, 0.2) is 5.69 Å². The molecule has 0 unspecified atom stereocenters. The van der Waals surface area contributed by atoms with Crippen LogP contribution < -0.4 is 21.9 Å². The molecule has 1 aromatic carbocycles. The number of fused-ring (bicyclic) bond motifs is 1. The molecule has 9 heteroatoms. The topological polar surface area (TPSA) is 127 Å². The second-order valence-corrected chi connectivity index (χ2v) is 8.58. The number of hydrogen-bond donors (Lipinski definition) is 2. The number of carbonyl (C=O) groups excluding carboxylic acids is 2. The fourth-order valence-corrected chi connectivity index (χ4v) is 3.71. The Morgan fingerprint density at radius 3 is 2.48 bits per heavy atom. The van der Waals surface area contributed by atoms with Gasteiger partial charge < -0.3 is 15.4 Å². The van der Waals surface area contributed by atoms with Gasteiger partial charge in [-0.3, -0.25) is 19.1 Å². The molecule has 31 heavy (non-hydrogen) atoms. The minimum absolute atomic E-state index is 0.0200. The Kier molecular flexibility index (Phi) is 6.33. The molecule has 0 bridgehead atoms. The van der Waals surface area contributed by atoms with Crippen LogP contribution in [0.5, 0.6) is 0 Å². The van der Waals surface area contributed by atoms with E-state index in [9.17, 15) is 19.2 Å². The molecule has 2 aromatic rings. The standard InChI is InChI=1S/C22H28N4O5/c1-12(2)10-25(18-19(23)26(11-13(3)4)22(30)24-20(18)28)17(27)9-16-14-7-5-6-8-15(14)21(29)31-16/h5-8,12-13,16H,9-11,23H2,1-4H3,(H,24,28,30)/t16-/m1/s1. The molecule has 0 spiro atoms. The van der Waals surface area contributed by atoms with Crippen molar-refractivity contribution < 1.29 is 14.3 Å². The van der Waals surface area contributed by atoms with Gasteiger partial charge in [-0.05, 0) is 17.9 Å². The number of amides is 1. The zero-order valence-corrected chi connectivity index (χ0v) is 18.2. The first-order valence-corrected chi connectivity index (χ1v) is 10.3. The van der Waals surface area contributed by atoms with E-state index in [1.54, 1.807) is 24.3 Å². The zero-order chi connectivity index (χ0) is 22.9. The Hall–Kier alpha value is -3.36. The lowest BCUT2D eigenvalue weighted by atomic mass is 10.0. The van der Waals surface area contributed by atoms with Crippen LogP contribution in [0.25, 0.3) is 0 Å². The first kappa shape index (κ1) is 22.3. The van der Waals surface area contributed by atoms with Crippen LogP contribution >= 0.6 is 0 Å². The first-order valence-electron chi connectivity index (χ1n) is 10.3. The molecule has 1 atom stereocenters. The summed E-state index contributed by atoms with van der Waals surface area (Å²) in [6, 6.07) is 6.90. The van der Waals surface area contributed by atoms with Crippen LogP contribution in [0.2, 0.25) is 0 Å². The van der Waals surface area contributed by atoms with Crippen molar-refractivity contribution in [1.29, 1.82) is 0 Å². The molecule has 0 saturated heterocycles. The van der Waals surface area contributed by atoms with Gasteiger partial charge >= 0.3 is 11.7 Å². The number of nitrogens with zero attached hydrogens (tertiary/aromatic N) is 2. The highest BCUT2D eigenvalue weighted by Crippen LogP contribution is 2.34. The zero-order valence-electron chi connectivity index (χ0n) is 18.2. The number of nitrogens with two attached hydrogens (primary N) is 1. The maximum absolute atomic E-state index is 13.3. The highest BCUT2D eigenvalue weighted by Gasteiger charge is 2.35. The van der Waals surface area contributed by atoms with Crippen molar-refractivity contribution in [2.75, 3.05) is 17.2 Å². The number of aromatic amines is 1. The first-order chi connectivity index (χ1) is 14.6. The van der Waals surface area contributed by atoms with Crippen molar-refractivity contribution in [2.24, 2.45) is 11.8 Å². The van der Waals surface area contributed by atoms with Gasteiger partial charge in [0.05, 0.1) is 12.0 Å². The lowest BCUT2D eigenvalue weighted by molar-refractivity contribution is -0.120. The van der Waals surface area contributed by atoms with Crippen LogP contribution in [0, 0.1) is 11.8 Å². The number of ether oxygens (including phenoxy) is 1. The van der Waals surface area contributed by atoms with Crippen molar-refractivity contribution in [3.8, 4) is 0 Å². The summed E-state index contributed by atoms with van der Waals surface area (Å²) in [6.45, 7) is 8.15. The molecular weight excluding hydrogens is 400 g/mol. The molecule has 1 aliphatic heterocycles. The number of nitrogen functional groups attached to an aromatic ring is 1. The smallest absolute Gasteiger partial charge is 0.339 e. The summed E-state index contributed by atoms with van der Waals surface area (Å²) in [5.74, 6) is -0.837. The van der Waals surface area contributed by atoms with Crippen molar-refractivity contribution >= 4 is 23.4 Å². The number of nitrogens with one attached hydrogen (secondary N) is 1. The monoisotopic (exact) mass is 428 g/mol. The second-order valence-electron chi connectivity index (χ2n) is 8.58. The molecule has 0 radical (unpaired) electrons. The molecule has 3 rings (SSSR count). The van der Waals surface area contributed by atoms with Gasteiger partial charge in [0.2, 0.25) is 5.91 Å². The molecule has 1 amide bonds. The summed E-state index contributed by atoms with van der Waals surface area (Å²) >= 11 is 0. The number of aromatic nitrogens is 2. The molecule has 0 fully saturated rings. The van der Waals surface area contributed by atoms with Crippen molar-refractivity contribution in [2.45, 2.75) is 46.8 Å². The van der Waals surface area contributed by atoms with E-state index >= 15 is 0 Å². The highest BCUT2D eigenvalue weighted by molar-refractivity contribution is 5.98. The van der Waals surface area contributed by atoms with E-state index in [1.807, 2.05) is 27.7 Å². The average Bonchev–Trinajstić information content (AvgIpc) is 2.99. The molecule has 0 aliphatic carbocycles. The van der Waals surface area contributed by atoms with Crippen LogP contribution in [-0.2, 0) is 16.1 Å². The third-order valence-corrected chi connectivity index (χ3v) is 5.02. The van der Waals surface area contributed by atoms with E-state index in [0.29, 0.717) is 17.7 Å². The number of anilines is 2. The van der Waals surface area contributed by atoms with Gasteiger partial charge in [0.25, 0.3) is 5.56 Å². The summed E-state index contributed by atoms with van der Waals surface area (Å²) in [5, 5.41) is 0. The third-order valence-electron chi connectivity index (χ3n) is 5.02.